The topological polar surface area (TPSA) is 59.7 Å². The molecule has 1 atom stereocenters. The van der Waals surface area contributed by atoms with Gasteiger partial charge in [0, 0.05) is 13.1 Å². The molecule has 3 heterocycles. The number of nitrogens with zero attached hydrogens (tertiary/aromatic N) is 6. The van der Waals surface area contributed by atoms with Crippen molar-refractivity contribution in [2.45, 2.75) is 31.5 Å². The van der Waals surface area contributed by atoms with Gasteiger partial charge in [-0.05, 0) is 12.7 Å². The average Bonchev–Trinajstić information content (AvgIpc) is 2.89. The molecule has 0 aromatic carbocycles. The van der Waals surface area contributed by atoms with Crippen LogP contribution in [0.25, 0.3) is 0 Å². The monoisotopic (exact) mass is 276 g/mol. The Kier molecular flexibility index (Phi) is 3.37. The van der Waals surface area contributed by atoms with E-state index in [9.17, 15) is 0 Å². The standard InChI is InChI=1S/C12H16N6S/c1-3-19-11-7-13-6-10(15-11)18-5-4-17-8-14-16-12(17)9(18)2/h6-9H,3-5H2,1-2H3/t9-/m0/s1. The molecule has 0 bridgehead atoms. The van der Waals surface area contributed by atoms with Gasteiger partial charge in [0.2, 0.25) is 0 Å². The third-order valence-electron chi connectivity index (χ3n) is 3.25. The number of anilines is 1. The maximum atomic E-state index is 4.66. The van der Waals surface area contributed by atoms with Crippen LogP contribution in [0.4, 0.5) is 5.82 Å². The van der Waals surface area contributed by atoms with Crippen LogP contribution in [0.2, 0.25) is 0 Å². The lowest BCUT2D eigenvalue weighted by atomic mass is 10.2. The van der Waals surface area contributed by atoms with Gasteiger partial charge in [0.1, 0.15) is 17.2 Å². The van der Waals surface area contributed by atoms with Crippen molar-refractivity contribution in [2.75, 3.05) is 17.2 Å². The molecule has 0 amide bonds. The summed E-state index contributed by atoms with van der Waals surface area (Å²) in [6.07, 6.45) is 5.43. The predicted octanol–water partition coefficient (Wildman–Crippen LogP) is 1.76. The van der Waals surface area contributed by atoms with Gasteiger partial charge >= 0.3 is 0 Å². The van der Waals surface area contributed by atoms with Crippen molar-refractivity contribution in [1.82, 2.24) is 24.7 Å². The number of thioether (sulfide) groups is 1. The molecule has 0 radical (unpaired) electrons. The van der Waals surface area contributed by atoms with E-state index in [-0.39, 0.29) is 6.04 Å². The summed E-state index contributed by atoms with van der Waals surface area (Å²) in [6, 6.07) is 0.174. The molecule has 2 aromatic heterocycles. The van der Waals surface area contributed by atoms with E-state index in [2.05, 4.69) is 43.5 Å². The maximum absolute atomic E-state index is 4.66. The third kappa shape index (κ3) is 2.30. The Balaban J connectivity index is 1.89. The van der Waals surface area contributed by atoms with E-state index in [1.807, 2.05) is 12.4 Å². The van der Waals surface area contributed by atoms with Crippen LogP contribution in [0.5, 0.6) is 0 Å². The lowest BCUT2D eigenvalue weighted by Gasteiger charge is -2.33. The summed E-state index contributed by atoms with van der Waals surface area (Å²) >= 11 is 1.71. The Hall–Kier alpha value is -1.63. The predicted molar refractivity (Wildman–Crippen MR) is 74.2 cm³/mol. The smallest absolute Gasteiger partial charge is 0.155 e. The summed E-state index contributed by atoms with van der Waals surface area (Å²) in [5, 5.41) is 9.14. The van der Waals surface area contributed by atoms with Gasteiger partial charge in [-0.3, -0.25) is 4.98 Å². The fourth-order valence-corrected chi connectivity index (χ4v) is 2.90. The van der Waals surface area contributed by atoms with Crippen LogP contribution in [0, 0.1) is 0 Å². The fraction of sp³-hybridized carbons (Fsp3) is 0.500. The molecule has 0 fully saturated rings. The second-order valence-corrected chi connectivity index (χ2v) is 5.68. The van der Waals surface area contributed by atoms with E-state index in [0.717, 1.165) is 35.5 Å². The van der Waals surface area contributed by atoms with Crippen LogP contribution < -0.4 is 4.90 Å². The molecule has 0 saturated carbocycles. The van der Waals surface area contributed by atoms with E-state index in [0.29, 0.717) is 0 Å². The lowest BCUT2D eigenvalue weighted by Crippen LogP contribution is -2.37. The molecule has 3 rings (SSSR count). The zero-order valence-corrected chi connectivity index (χ0v) is 11.8. The van der Waals surface area contributed by atoms with Crippen LogP contribution in [0.3, 0.4) is 0 Å². The first-order chi connectivity index (χ1) is 9.29. The van der Waals surface area contributed by atoms with Gasteiger partial charge in [0.25, 0.3) is 0 Å². The van der Waals surface area contributed by atoms with E-state index in [1.54, 1.807) is 18.1 Å². The Bertz CT molecular complexity index is 569. The van der Waals surface area contributed by atoms with Crippen LogP contribution in [-0.4, -0.2) is 37.0 Å². The van der Waals surface area contributed by atoms with E-state index in [4.69, 9.17) is 0 Å². The molecule has 6 nitrogen and oxygen atoms in total. The maximum Gasteiger partial charge on any atom is 0.155 e. The van der Waals surface area contributed by atoms with Gasteiger partial charge < -0.3 is 9.47 Å². The Morgan fingerprint density at radius 3 is 3.11 bits per heavy atom. The second-order valence-electron chi connectivity index (χ2n) is 4.40. The van der Waals surface area contributed by atoms with Gasteiger partial charge in [-0.25, -0.2) is 4.98 Å². The van der Waals surface area contributed by atoms with E-state index in [1.165, 1.54) is 0 Å². The summed E-state index contributed by atoms with van der Waals surface area (Å²) in [6.45, 7) is 6.03. The molecule has 1 aliphatic rings. The van der Waals surface area contributed by atoms with Crippen molar-refractivity contribution in [3.63, 3.8) is 0 Å². The molecule has 0 aliphatic carbocycles. The minimum Gasteiger partial charge on any atom is -0.344 e. The number of hydrogen-bond acceptors (Lipinski definition) is 6. The van der Waals surface area contributed by atoms with Crippen LogP contribution in [0.1, 0.15) is 25.7 Å². The Morgan fingerprint density at radius 1 is 1.37 bits per heavy atom. The van der Waals surface area contributed by atoms with Crippen LogP contribution >= 0.6 is 11.8 Å². The van der Waals surface area contributed by atoms with Gasteiger partial charge in [0.05, 0.1) is 18.4 Å². The lowest BCUT2D eigenvalue weighted by molar-refractivity contribution is 0.491. The van der Waals surface area contributed by atoms with E-state index >= 15 is 0 Å². The van der Waals surface area contributed by atoms with Gasteiger partial charge in [-0.15, -0.1) is 22.0 Å². The van der Waals surface area contributed by atoms with Crippen LogP contribution in [-0.2, 0) is 6.54 Å². The largest absolute Gasteiger partial charge is 0.344 e. The average molecular weight is 276 g/mol. The van der Waals surface area contributed by atoms with Crippen molar-refractivity contribution in [1.29, 1.82) is 0 Å². The van der Waals surface area contributed by atoms with Gasteiger partial charge in [-0.2, -0.15) is 0 Å². The first-order valence-electron chi connectivity index (χ1n) is 6.38. The number of fused-ring (bicyclic) bond motifs is 1. The minimum atomic E-state index is 0.174. The quantitative estimate of drug-likeness (QED) is 0.796. The first-order valence-corrected chi connectivity index (χ1v) is 7.37. The molecule has 19 heavy (non-hydrogen) atoms. The summed E-state index contributed by atoms with van der Waals surface area (Å²) in [5.74, 6) is 2.91. The molecular formula is C12H16N6S. The highest BCUT2D eigenvalue weighted by molar-refractivity contribution is 7.99. The van der Waals surface area contributed by atoms with Gasteiger partial charge in [0.15, 0.2) is 5.82 Å². The molecule has 1 aliphatic heterocycles. The Labute approximate surface area is 116 Å². The molecular weight excluding hydrogens is 260 g/mol. The summed E-state index contributed by atoms with van der Waals surface area (Å²) in [4.78, 5) is 11.2. The SMILES string of the molecule is CCSc1cncc(N2CCn3cnnc3[C@@H]2C)n1. The van der Waals surface area contributed by atoms with Crippen molar-refractivity contribution >= 4 is 17.6 Å². The summed E-state index contributed by atoms with van der Waals surface area (Å²) in [5.41, 5.74) is 0. The molecule has 2 aromatic rings. The normalized spacial score (nSPS) is 18.4. The highest BCUT2D eigenvalue weighted by Gasteiger charge is 2.26. The zero-order valence-electron chi connectivity index (χ0n) is 11.0. The number of rotatable bonds is 3. The van der Waals surface area contributed by atoms with Crippen molar-refractivity contribution in [3.8, 4) is 0 Å². The molecule has 100 valence electrons. The minimum absolute atomic E-state index is 0.174. The van der Waals surface area contributed by atoms with E-state index < -0.39 is 0 Å². The van der Waals surface area contributed by atoms with Crippen LogP contribution in [0.15, 0.2) is 23.7 Å². The molecule has 0 spiro atoms. The number of aromatic nitrogens is 5. The Morgan fingerprint density at radius 2 is 2.26 bits per heavy atom. The first kappa shape index (κ1) is 12.4. The highest BCUT2D eigenvalue weighted by Crippen LogP contribution is 2.28. The second kappa shape index (κ2) is 5.16. The highest BCUT2D eigenvalue weighted by atomic mass is 32.2. The van der Waals surface area contributed by atoms with Gasteiger partial charge in [-0.1, -0.05) is 6.92 Å². The third-order valence-corrected chi connectivity index (χ3v) is 4.04. The molecule has 0 N–H and O–H groups in total. The molecule has 0 saturated heterocycles. The van der Waals surface area contributed by atoms with Crippen molar-refractivity contribution in [2.24, 2.45) is 0 Å². The summed E-state index contributed by atoms with van der Waals surface area (Å²) in [7, 11) is 0. The van der Waals surface area contributed by atoms with Crippen molar-refractivity contribution in [3.05, 3.63) is 24.5 Å². The zero-order chi connectivity index (χ0) is 13.2. The molecule has 0 unspecified atom stereocenters. The van der Waals surface area contributed by atoms with Crippen molar-refractivity contribution < 1.29 is 0 Å². The fourth-order valence-electron chi connectivity index (χ4n) is 2.32. The molecule has 7 heteroatoms. The number of hydrogen-bond donors (Lipinski definition) is 0. The summed E-state index contributed by atoms with van der Waals surface area (Å²) < 4.78 is 2.10.